The Bertz CT molecular complexity index is 845. The SMILES string of the molecule is OC1CCC(N(c2ncc3n[nH]nc3n2)c2ccccc2F)CC1. The number of aromatic nitrogens is 5. The maximum atomic E-state index is 14.4. The maximum absolute atomic E-state index is 14.4. The molecule has 24 heavy (non-hydrogen) atoms. The van der Waals surface area contributed by atoms with Crippen LogP contribution in [0, 0.1) is 5.82 Å². The van der Waals surface area contributed by atoms with Gasteiger partial charge in [-0.2, -0.15) is 15.3 Å². The molecule has 1 saturated carbocycles. The predicted octanol–water partition coefficient (Wildman–Crippen LogP) is 2.33. The molecule has 0 bridgehead atoms. The number of fused-ring (bicyclic) bond motifs is 1. The highest BCUT2D eigenvalue weighted by Gasteiger charge is 2.29. The number of nitrogens with one attached hydrogen (secondary N) is 1. The number of aliphatic hydroxyl groups is 1. The van der Waals surface area contributed by atoms with E-state index in [4.69, 9.17) is 0 Å². The molecular formula is C16H17FN6O. The molecule has 1 fully saturated rings. The quantitative estimate of drug-likeness (QED) is 0.767. The number of hydrogen-bond donors (Lipinski definition) is 2. The molecule has 8 heteroatoms. The normalized spacial score (nSPS) is 21.1. The van der Waals surface area contributed by atoms with Crippen molar-refractivity contribution in [3.63, 3.8) is 0 Å². The number of rotatable bonds is 3. The number of aliphatic hydroxyl groups excluding tert-OH is 1. The molecule has 1 aliphatic rings. The van der Waals surface area contributed by atoms with Crippen molar-refractivity contribution in [2.75, 3.05) is 4.90 Å². The second kappa shape index (κ2) is 6.12. The second-order valence-electron chi connectivity index (χ2n) is 5.99. The number of anilines is 2. The van der Waals surface area contributed by atoms with Crippen LogP contribution in [0.4, 0.5) is 16.0 Å². The summed E-state index contributed by atoms with van der Waals surface area (Å²) in [6.45, 7) is 0. The summed E-state index contributed by atoms with van der Waals surface area (Å²) in [4.78, 5) is 10.6. The van der Waals surface area contributed by atoms with Crippen LogP contribution < -0.4 is 4.90 Å². The molecule has 0 radical (unpaired) electrons. The van der Waals surface area contributed by atoms with Crippen LogP contribution in [-0.2, 0) is 0 Å². The standard InChI is InChI=1S/C16H17FN6O/c17-12-3-1-2-4-14(12)23(10-5-7-11(24)8-6-10)16-18-9-13-15(19-16)21-22-20-13/h1-4,9-11,24H,5-8H2,(H,18,19,20,21,22). The Morgan fingerprint density at radius 1 is 1.12 bits per heavy atom. The molecule has 0 aliphatic heterocycles. The van der Waals surface area contributed by atoms with E-state index >= 15 is 0 Å². The van der Waals surface area contributed by atoms with Crippen LogP contribution in [0.25, 0.3) is 11.2 Å². The fourth-order valence-electron chi connectivity index (χ4n) is 3.19. The molecule has 124 valence electrons. The molecule has 1 aromatic carbocycles. The highest BCUT2D eigenvalue weighted by atomic mass is 19.1. The Hall–Kier alpha value is -2.61. The lowest BCUT2D eigenvalue weighted by atomic mass is 9.91. The van der Waals surface area contributed by atoms with Gasteiger partial charge in [0.25, 0.3) is 0 Å². The highest BCUT2D eigenvalue weighted by Crippen LogP contribution is 2.34. The van der Waals surface area contributed by atoms with E-state index in [9.17, 15) is 9.50 Å². The van der Waals surface area contributed by atoms with E-state index in [0.717, 1.165) is 12.8 Å². The second-order valence-corrected chi connectivity index (χ2v) is 5.99. The van der Waals surface area contributed by atoms with Crippen LogP contribution in [-0.4, -0.2) is 42.6 Å². The Labute approximate surface area is 137 Å². The lowest BCUT2D eigenvalue weighted by Crippen LogP contribution is -2.37. The zero-order valence-corrected chi connectivity index (χ0v) is 12.9. The predicted molar refractivity (Wildman–Crippen MR) is 86.3 cm³/mol. The van der Waals surface area contributed by atoms with E-state index in [-0.39, 0.29) is 18.0 Å². The van der Waals surface area contributed by atoms with Crippen molar-refractivity contribution in [1.29, 1.82) is 0 Å². The van der Waals surface area contributed by atoms with E-state index in [0.29, 0.717) is 35.6 Å². The zero-order chi connectivity index (χ0) is 16.5. The minimum atomic E-state index is -0.326. The summed E-state index contributed by atoms with van der Waals surface area (Å²) in [7, 11) is 0. The lowest BCUT2D eigenvalue weighted by Gasteiger charge is -2.35. The van der Waals surface area contributed by atoms with Gasteiger partial charge in [-0.15, -0.1) is 5.10 Å². The van der Waals surface area contributed by atoms with Crippen LogP contribution in [0.1, 0.15) is 25.7 Å². The van der Waals surface area contributed by atoms with E-state index in [2.05, 4.69) is 25.4 Å². The summed E-state index contributed by atoms with van der Waals surface area (Å²) < 4.78 is 14.4. The van der Waals surface area contributed by atoms with Crippen molar-refractivity contribution >= 4 is 22.8 Å². The average Bonchev–Trinajstić information content (AvgIpc) is 3.06. The van der Waals surface area contributed by atoms with Crippen LogP contribution in [0.5, 0.6) is 0 Å². The van der Waals surface area contributed by atoms with E-state index in [1.54, 1.807) is 24.4 Å². The minimum Gasteiger partial charge on any atom is -0.393 e. The summed E-state index contributed by atoms with van der Waals surface area (Å²) in [6.07, 6.45) is 4.14. The third-order valence-corrected chi connectivity index (χ3v) is 4.42. The van der Waals surface area contributed by atoms with Crippen LogP contribution in [0.15, 0.2) is 30.5 Å². The fourth-order valence-corrected chi connectivity index (χ4v) is 3.19. The molecule has 2 aromatic heterocycles. The first-order chi connectivity index (χ1) is 11.7. The van der Waals surface area contributed by atoms with Gasteiger partial charge >= 0.3 is 0 Å². The number of nitrogens with zero attached hydrogens (tertiary/aromatic N) is 5. The van der Waals surface area contributed by atoms with Gasteiger partial charge in [-0.1, -0.05) is 12.1 Å². The number of H-pyrrole nitrogens is 1. The Morgan fingerprint density at radius 2 is 1.92 bits per heavy atom. The third kappa shape index (κ3) is 2.69. The molecule has 0 unspecified atom stereocenters. The molecule has 3 aromatic rings. The summed E-state index contributed by atoms with van der Waals surface area (Å²) >= 11 is 0. The van der Waals surface area contributed by atoms with Gasteiger partial charge in [-0.3, -0.25) is 0 Å². The van der Waals surface area contributed by atoms with Gasteiger partial charge in [0.2, 0.25) is 11.6 Å². The Balaban J connectivity index is 1.78. The van der Waals surface area contributed by atoms with Gasteiger partial charge in [0.05, 0.1) is 18.0 Å². The maximum Gasteiger partial charge on any atom is 0.232 e. The first-order valence-electron chi connectivity index (χ1n) is 7.98. The fraction of sp³-hybridized carbons (Fsp3) is 0.375. The summed E-state index contributed by atoms with van der Waals surface area (Å²) in [5, 5.41) is 20.2. The van der Waals surface area contributed by atoms with Gasteiger partial charge in [-0.05, 0) is 37.8 Å². The van der Waals surface area contributed by atoms with E-state index in [1.165, 1.54) is 6.07 Å². The van der Waals surface area contributed by atoms with Crippen LogP contribution in [0.2, 0.25) is 0 Å². The number of halogens is 1. The highest BCUT2D eigenvalue weighted by molar-refractivity contribution is 5.71. The molecule has 2 heterocycles. The largest absolute Gasteiger partial charge is 0.393 e. The molecule has 0 spiro atoms. The molecule has 0 atom stereocenters. The molecule has 7 nitrogen and oxygen atoms in total. The number of benzene rings is 1. The third-order valence-electron chi connectivity index (χ3n) is 4.42. The molecule has 1 aliphatic carbocycles. The Morgan fingerprint density at radius 3 is 2.71 bits per heavy atom. The smallest absolute Gasteiger partial charge is 0.232 e. The molecule has 2 N–H and O–H groups in total. The van der Waals surface area contributed by atoms with E-state index in [1.807, 2.05) is 4.90 Å². The van der Waals surface area contributed by atoms with Crippen molar-refractivity contribution in [3.8, 4) is 0 Å². The van der Waals surface area contributed by atoms with Gasteiger partial charge in [-0.25, -0.2) is 9.37 Å². The number of para-hydroxylation sites is 1. The van der Waals surface area contributed by atoms with Crippen molar-refractivity contribution < 1.29 is 9.50 Å². The monoisotopic (exact) mass is 328 g/mol. The van der Waals surface area contributed by atoms with Crippen molar-refractivity contribution in [3.05, 3.63) is 36.3 Å². The number of aromatic amines is 1. The molecular weight excluding hydrogens is 311 g/mol. The first-order valence-corrected chi connectivity index (χ1v) is 7.98. The molecule has 4 rings (SSSR count). The molecule has 0 amide bonds. The summed E-state index contributed by atoms with van der Waals surface area (Å²) in [5.41, 5.74) is 1.44. The van der Waals surface area contributed by atoms with Crippen molar-refractivity contribution in [1.82, 2.24) is 25.4 Å². The zero-order valence-electron chi connectivity index (χ0n) is 12.9. The van der Waals surface area contributed by atoms with E-state index < -0.39 is 0 Å². The number of hydrogen-bond acceptors (Lipinski definition) is 6. The van der Waals surface area contributed by atoms with Crippen LogP contribution in [0.3, 0.4) is 0 Å². The summed E-state index contributed by atoms with van der Waals surface area (Å²) in [5.74, 6) is 0.0651. The molecule has 0 saturated heterocycles. The van der Waals surface area contributed by atoms with Gasteiger partial charge in [0, 0.05) is 6.04 Å². The first kappa shape index (κ1) is 14.9. The van der Waals surface area contributed by atoms with Gasteiger partial charge in [0.15, 0.2) is 0 Å². The summed E-state index contributed by atoms with van der Waals surface area (Å²) in [6, 6.07) is 6.61. The average molecular weight is 328 g/mol. The lowest BCUT2D eigenvalue weighted by molar-refractivity contribution is 0.123. The van der Waals surface area contributed by atoms with Gasteiger partial charge < -0.3 is 10.0 Å². The minimum absolute atomic E-state index is 0.0228. The Kier molecular flexibility index (Phi) is 3.81. The van der Waals surface area contributed by atoms with Gasteiger partial charge in [0.1, 0.15) is 11.3 Å². The van der Waals surface area contributed by atoms with Crippen molar-refractivity contribution in [2.24, 2.45) is 0 Å². The topological polar surface area (TPSA) is 90.8 Å². The van der Waals surface area contributed by atoms with Crippen LogP contribution >= 0.6 is 0 Å². The van der Waals surface area contributed by atoms with Crippen molar-refractivity contribution in [2.45, 2.75) is 37.8 Å².